The molecular weight excluding hydrogens is 214 g/mol. The van der Waals surface area contributed by atoms with Crippen LogP contribution in [0, 0.1) is 0 Å². The number of likely N-dealkylation sites (tertiary alicyclic amines) is 1. The van der Waals surface area contributed by atoms with E-state index in [1.807, 2.05) is 22.9 Å². The van der Waals surface area contributed by atoms with Gasteiger partial charge in [-0.3, -0.25) is 4.79 Å². The summed E-state index contributed by atoms with van der Waals surface area (Å²) in [5.74, 6) is 0. The third kappa shape index (κ3) is 2.52. The second-order valence-corrected chi connectivity index (χ2v) is 4.63. The van der Waals surface area contributed by atoms with Crippen molar-refractivity contribution in [3.8, 4) is 0 Å². The molecule has 0 bridgehead atoms. The minimum absolute atomic E-state index is 0.0957. The summed E-state index contributed by atoms with van der Waals surface area (Å²) in [6.07, 6.45) is 4.16. The lowest BCUT2D eigenvalue weighted by Crippen LogP contribution is -2.28. The molecule has 4 heteroatoms. The quantitative estimate of drug-likeness (QED) is 0.860. The summed E-state index contributed by atoms with van der Waals surface area (Å²) in [7, 11) is 1.79. The Balaban J connectivity index is 2.16. The summed E-state index contributed by atoms with van der Waals surface area (Å²) in [6, 6.07) is 4.11. The van der Waals surface area contributed by atoms with Gasteiger partial charge in [-0.05, 0) is 31.5 Å². The molecule has 1 aromatic heterocycles. The number of rotatable bonds is 4. The van der Waals surface area contributed by atoms with Gasteiger partial charge in [0.05, 0.1) is 6.04 Å². The van der Waals surface area contributed by atoms with Gasteiger partial charge in [-0.25, -0.2) is 0 Å². The zero-order chi connectivity index (χ0) is 12.3. The Kier molecular flexibility index (Phi) is 3.84. The van der Waals surface area contributed by atoms with E-state index in [0.29, 0.717) is 11.7 Å². The van der Waals surface area contributed by atoms with Crippen LogP contribution in [0.5, 0.6) is 0 Å². The van der Waals surface area contributed by atoms with Gasteiger partial charge < -0.3 is 14.8 Å². The zero-order valence-corrected chi connectivity index (χ0v) is 10.6. The van der Waals surface area contributed by atoms with Crippen molar-refractivity contribution in [2.45, 2.75) is 25.8 Å². The molecule has 17 heavy (non-hydrogen) atoms. The lowest BCUT2D eigenvalue weighted by molar-refractivity contribution is 0.323. The van der Waals surface area contributed by atoms with Gasteiger partial charge in [0, 0.05) is 26.3 Å². The van der Waals surface area contributed by atoms with Gasteiger partial charge in [0.25, 0.3) is 5.56 Å². The molecule has 1 fully saturated rings. The van der Waals surface area contributed by atoms with Crippen LogP contribution in [0.25, 0.3) is 0 Å². The first kappa shape index (κ1) is 12.2. The lowest BCUT2D eigenvalue weighted by atomic mass is 10.2. The van der Waals surface area contributed by atoms with E-state index in [2.05, 4.69) is 17.1 Å². The van der Waals surface area contributed by atoms with Gasteiger partial charge >= 0.3 is 0 Å². The van der Waals surface area contributed by atoms with E-state index in [1.54, 1.807) is 7.05 Å². The molecular formula is C13H21N3O. The topological polar surface area (TPSA) is 37.3 Å². The van der Waals surface area contributed by atoms with Gasteiger partial charge in [0.2, 0.25) is 0 Å². The Morgan fingerprint density at radius 1 is 1.53 bits per heavy atom. The van der Waals surface area contributed by atoms with Crippen molar-refractivity contribution in [1.82, 2.24) is 9.47 Å². The summed E-state index contributed by atoms with van der Waals surface area (Å²) < 4.78 is 1.88. The van der Waals surface area contributed by atoms with Gasteiger partial charge in [-0.2, -0.15) is 0 Å². The summed E-state index contributed by atoms with van der Waals surface area (Å²) in [5.41, 5.74) is 0.778. The summed E-state index contributed by atoms with van der Waals surface area (Å²) >= 11 is 0. The maximum atomic E-state index is 12.1. The van der Waals surface area contributed by atoms with Gasteiger partial charge in [0.15, 0.2) is 0 Å². The number of anilines is 1. The monoisotopic (exact) mass is 235 g/mol. The van der Waals surface area contributed by atoms with E-state index in [0.717, 1.165) is 26.1 Å². The van der Waals surface area contributed by atoms with Crippen LogP contribution in [0.1, 0.15) is 25.8 Å². The molecule has 0 saturated carbocycles. The maximum Gasteiger partial charge on any atom is 0.274 e. The van der Waals surface area contributed by atoms with Crippen molar-refractivity contribution in [2.24, 2.45) is 0 Å². The fourth-order valence-electron chi connectivity index (χ4n) is 2.55. The van der Waals surface area contributed by atoms with Crippen LogP contribution >= 0.6 is 0 Å². The largest absolute Gasteiger partial charge is 0.384 e. The molecule has 1 aliphatic rings. The number of nitrogens with zero attached hydrogens (tertiary/aromatic N) is 2. The van der Waals surface area contributed by atoms with Crippen molar-refractivity contribution in [3.63, 3.8) is 0 Å². The van der Waals surface area contributed by atoms with Gasteiger partial charge in [-0.1, -0.05) is 6.92 Å². The molecule has 1 aliphatic heterocycles. The maximum absolute atomic E-state index is 12.1. The Morgan fingerprint density at radius 3 is 3.06 bits per heavy atom. The smallest absolute Gasteiger partial charge is 0.274 e. The average molecular weight is 235 g/mol. The van der Waals surface area contributed by atoms with Crippen LogP contribution in [0.4, 0.5) is 5.69 Å². The number of hydrogen-bond acceptors (Lipinski definition) is 3. The highest BCUT2D eigenvalue weighted by Crippen LogP contribution is 2.20. The van der Waals surface area contributed by atoms with Gasteiger partial charge in [0.1, 0.15) is 5.69 Å². The molecule has 0 amide bonds. The third-order valence-electron chi connectivity index (χ3n) is 3.42. The number of hydrogen-bond donors (Lipinski definition) is 1. The average Bonchev–Trinajstić information content (AvgIpc) is 2.78. The highest BCUT2D eigenvalue weighted by Gasteiger charge is 2.23. The van der Waals surface area contributed by atoms with E-state index in [9.17, 15) is 4.79 Å². The van der Waals surface area contributed by atoms with E-state index in [-0.39, 0.29) is 5.56 Å². The van der Waals surface area contributed by atoms with E-state index < -0.39 is 0 Å². The van der Waals surface area contributed by atoms with Crippen LogP contribution < -0.4 is 10.9 Å². The van der Waals surface area contributed by atoms with Crippen LogP contribution in [0.3, 0.4) is 0 Å². The molecule has 0 aromatic carbocycles. The molecule has 4 nitrogen and oxygen atoms in total. The van der Waals surface area contributed by atoms with Crippen molar-refractivity contribution in [3.05, 3.63) is 28.7 Å². The summed E-state index contributed by atoms with van der Waals surface area (Å²) in [5, 5.41) is 2.95. The number of nitrogens with one attached hydrogen (secondary N) is 1. The predicted molar refractivity (Wildman–Crippen MR) is 70.6 cm³/mol. The summed E-state index contributed by atoms with van der Waals surface area (Å²) in [6.45, 7) is 5.44. The summed E-state index contributed by atoms with van der Waals surface area (Å²) in [4.78, 5) is 14.6. The molecule has 0 spiro atoms. The second-order valence-electron chi connectivity index (χ2n) is 4.63. The van der Waals surface area contributed by atoms with Crippen LogP contribution in [0.2, 0.25) is 0 Å². The van der Waals surface area contributed by atoms with Crippen molar-refractivity contribution in [2.75, 3.05) is 32.0 Å². The van der Waals surface area contributed by atoms with E-state index in [4.69, 9.17) is 0 Å². The molecule has 1 saturated heterocycles. The third-order valence-corrected chi connectivity index (χ3v) is 3.42. The van der Waals surface area contributed by atoms with Crippen molar-refractivity contribution < 1.29 is 0 Å². The van der Waals surface area contributed by atoms with E-state index >= 15 is 0 Å². The minimum Gasteiger partial charge on any atom is -0.384 e. The van der Waals surface area contributed by atoms with Crippen LogP contribution in [0.15, 0.2) is 23.1 Å². The standard InChI is InChI=1S/C13H21N3O/c1-3-7-15-9-6-11(10-15)16-8-4-5-12(14-2)13(16)17/h4-5,8,11,14H,3,6-7,9-10H2,1-2H3/t11-/m1/s1. The Hall–Kier alpha value is -1.29. The molecule has 1 aromatic rings. The zero-order valence-electron chi connectivity index (χ0n) is 10.6. The SMILES string of the molecule is CCCN1CC[C@@H](n2cccc(NC)c2=O)C1. The van der Waals surface area contributed by atoms with Crippen LogP contribution in [-0.4, -0.2) is 36.1 Å². The molecule has 94 valence electrons. The highest BCUT2D eigenvalue weighted by molar-refractivity contribution is 5.39. The fourth-order valence-corrected chi connectivity index (χ4v) is 2.55. The van der Waals surface area contributed by atoms with Crippen molar-refractivity contribution >= 4 is 5.69 Å². The molecule has 2 rings (SSSR count). The molecule has 0 aliphatic carbocycles. The number of aromatic nitrogens is 1. The van der Waals surface area contributed by atoms with Crippen LogP contribution in [-0.2, 0) is 0 Å². The number of pyridine rings is 1. The second kappa shape index (κ2) is 5.36. The Morgan fingerprint density at radius 2 is 2.35 bits per heavy atom. The first-order valence-electron chi connectivity index (χ1n) is 6.37. The molecule has 1 atom stereocenters. The first-order valence-corrected chi connectivity index (χ1v) is 6.37. The molecule has 0 unspecified atom stereocenters. The lowest BCUT2D eigenvalue weighted by Gasteiger charge is -2.17. The first-order chi connectivity index (χ1) is 8.26. The van der Waals surface area contributed by atoms with Gasteiger partial charge in [-0.15, -0.1) is 0 Å². The van der Waals surface area contributed by atoms with Crippen molar-refractivity contribution in [1.29, 1.82) is 0 Å². The molecule has 2 heterocycles. The molecule has 0 radical (unpaired) electrons. The Labute approximate surface area is 102 Å². The van der Waals surface area contributed by atoms with E-state index in [1.165, 1.54) is 6.42 Å². The predicted octanol–water partition coefficient (Wildman–Crippen LogP) is 1.55. The Bertz CT molecular complexity index is 427. The minimum atomic E-state index is 0.0957. The fraction of sp³-hybridized carbons (Fsp3) is 0.615. The highest BCUT2D eigenvalue weighted by atomic mass is 16.1. The normalized spacial score (nSPS) is 20.7. The molecule has 1 N–H and O–H groups in total.